The molecule has 29 heavy (non-hydrogen) atoms. The molecule has 144 valence electrons. The second kappa shape index (κ2) is 8.66. The van der Waals surface area contributed by atoms with Gasteiger partial charge in [-0.05, 0) is 34.4 Å². The van der Waals surface area contributed by atoms with Crippen molar-refractivity contribution in [3.05, 3.63) is 77.9 Å². The number of aromatic nitrogens is 4. The maximum Gasteiger partial charge on any atom is 0.250 e. The summed E-state index contributed by atoms with van der Waals surface area (Å²) in [7, 11) is 0. The number of carbonyl (C=O) groups is 1. The number of nitrogens with one attached hydrogen (secondary N) is 1. The summed E-state index contributed by atoms with van der Waals surface area (Å²) in [6.45, 7) is 2.01. The van der Waals surface area contributed by atoms with Gasteiger partial charge in [-0.3, -0.25) is 4.79 Å². The number of carbonyl (C=O) groups excluding carboxylic acids is 1. The number of benzene rings is 3. The highest BCUT2D eigenvalue weighted by molar-refractivity contribution is 7.99. The molecule has 0 atom stereocenters. The second-order valence-electron chi connectivity index (χ2n) is 6.37. The van der Waals surface area contributed by atoms with Crippen molar-refractivity contribution in [2.24, 2.45) is 5.10 Å². The third-order valence-electron chi connectivity index (χ3n) is 4.21. The lowest BCUT2D eigenvalue weighted by Gasteiger charge is -2.07. The first-order chi connectivity index (χ1) is 14.2. The molecule has 0 unspecified atom stereocenters. The Morgan fingerprint density at radius 3 is 2.86 bits per heavy atom. The van der Waals surface area contributed by atoms with Crippen LogP contribution < -0.4 is 5.43 Å². The summed E-state index contributed by atoms with van der Waals surface area (Å²) < 4.78 is 1.65. The Labute approximate surface area is 171 Å². The normalized spacial score (nSPS) is 11.2. The van der Waals surface area contributed by atoms with Crippen LogP contribution in [0.25, 0.3) is 16.5 Å². The predicted molar refractivity (Wildman–Crippen MR) is 114 cm³/mol. The fourth-order valence-corrected chi connectivity index (χ4v) is 3.58. The van der Waals surface area contributed by atoms with E-state index in [9.17, 15) is 4.79 Å². The van der Waals surface area contributed by atoms with Gasteiger partial charge in [-0.2, -0.15) is 9.78 Å². The van der Waals surface area contributed by atoms with Crippen LogP contribution in [0.3, 0.4) is 0 Å². The topological polar surface area (TPSA) is 85.1 Å². The number of hydrogen-bond donors (Lipinski definition) is 1. The Morgan fingerprint density at radius 1 is 1.14 bits per heavy atom. The molecule has 1 amide bonds. The minimum Gasteiger partial charge on any atom is -0.272 e. The van der Waals surface area contributed by atoms with E-state index in [1.165, 1.54) is 11.8 Å². The highest BCUT2D eigenvalue weighted by Gasteiger charge is 2.13. The molecule has 0 bridgehead atoms. The Hall–Kier alpha value is -3.52. The molecule has 0 aliphatic rings. The average Bonchev–Trinajstić information content (AvgIpc) is 3.20. The molecule has 0 saturated carbocycles. The third-order valence-corrected chi connectivity index (χ3v) is 5.13. The van der Waals surface area contributed by atoms with Gasteiger partial charge in [0, 0.05) is 5.39 Å². The molecule has 1 N–H and O–H groups in total. The number of amides is 1. The maximum atomic E-state index is 12.1. The fourth-order valence-electron chi connectivity index (χ4n) is 2.90. The number of nitrogens with zero attached hydrogens (tertiary/aromatic N) is 5. The van der Waals surface area contributed by atoms with Gasteiger partial charge in [0.05, 0.1) is 17.7 Å². The van der Waals surface area contributed by atoms with Gasteiger partial charge in [0.15, 0.2) is 0 Å². The largest absolute Gasteiger partial charge is 0.272 e. The molecule has 0 aliphatic heterocycles. The lowest BCUT2D eigenvalue weighted by atomic mass is 10.1. The van der Waals surface area contributed by atoms with E-state index in [2.05, 4.69) is 26.1 Å². The van der Waals surface area contributed by atoms with Crippen LogP contribution in [0.5, 0.6) is 0 Å². The van der Waals surface area contributed by atoms with E-state index in [0.717, 1.165) is 27.6 Å². The molecule has 3 aromatic carbocycles. The SMILES string of the molecule is Cc1cccc(/C=N/NC(=O)CSc2nnnn2-c2cccc3ccccc23)c1. The molecule has 1 heterocycles. The van der Waals surface area contributed by atoms with E-state index in [1.54, 1.807) is 10.9 Å². The van der Waals surface area contributed by atoms with Crippen LogP contribution in [0, 0.1) is 6.92 Å². The fraction of sp³-hybridized carbons (Fsp3) is 0.0952. The highest BCUT2D eigenvalue weighted by atomic mass is 32.2. The smallest absolute Gasteiger partial charge is 0.250 e. The van der Waals surface area contributed by atoms with Gasteiger partial charge in [-0.25, -0.2) is 5.43 Å². The van der Waals surface area contributed by atoms with Gasteiger partial charge in [0.2, 0.25) is 5.16 Å². The summed E-state index contributed by atoms with van der Waals surface area (Å²) in [6, 6.07) is 21.8. The zero-order valence-electron chi connectivity index (χ0n) is 15.7. The summed E-state index contributed by atoms with van der Waals surface area (Å²) in [4.78, 5) is 12.1. The standard InChI is InChI=1S/C21H18N6OS/c1-15-6-4-7-16(12-15)13-22-23-20(28)14-29-21-24-25-26-27(21)19-11-5-9-17-8-2-3-10-18(17)19/h2-13H,14H2,1H3,(H,23,28)/b22-13+. The first-order valence-corrected chi connectivity index (χ1v) is 9.97. The molecule has 4 aromatic rings. The quantitative estimate of drug-likeness (QED) is 0.304. The van der Waals surface area contributed by atoms with E-state index in [-0.39, 0.29) is 11.7 Å². The van der Waals surface area contributed by atoms with Crippen molar-refractivity contribution in [1.29, 1.82) is 0 Å². The Bertz CT molecular complexity index is 1180. The summed E-state index contributed by atoms with van der Waals surface area (Å²) in [5, 5.41) is 18.6. The average molecular weight is 402 g/mol. The van der Waals surface area contributed by atoms with Crippen molar-refractivity contribution < 1.29 is 4.79 Å². The van der Waals surface area contributed by atoms with E-state index < -0.39 is 0 Å². The van der Waals surface area contributed by atoms with Gasteiger partial charge in [0.25, 0.3) is 5.91 Å². The molecular weight excluding hydrogens is 384 g/mol. The van der Waals surface area contributed by atoms with E-state index in [0.29, 0.717) is 5.16 Å². The lowest BCUT2D eigenvalue weighted by Crippen LogP contribution is -2.20. The lowest BCUT2D eigenvalue weighted by molar-refractivity contribution is -0.118. The summed E-state index contributed by atoms with van der Waals surface area (Å²) in [6.07, 6.45) is 1.62. The van der Waals surface area contributed by atoms with Gasteiger partial charge in [-0.1, -0.05) is 78.0 Å². The van der Waals surface area contributed by atoms with Crippen LogP contribution in [0.1, 0.15) is 11.1 Å². The molecule has 1 aromatic heterocycles. The van der Waals surface area contributed by atoms with Crippen LogP contribution >= 0.6 is 11.8 Å². The molecule has 4 rings (SSSR count). The predicted octanol–water partition coefficient (Wildman–Crippen LogP) is 3.37. The van der Waals surface area contributed by atoms with Gasteiger partial charge in [0.1, 0.15) is 0 Å². The Kier molecular flexibility index (Phi) is 5.62. The number of aryl methyl sites for hydroxylation is 1. The second-order valence-corrected chi connectivity index (χ2v) is 7.31. The van der Waals surface area contributed by atoms with Crippen LogP contribution in [0.4, 0.5) is 0 Å². The Balaban J connectivity index is 1.42. The van der Waals surface area contributed by atoms with Crippen molar-refractivity contribution in [1.82, 2.24) is 25.6 Å². The molecule has 0 radical (unpaired) electrons. The van der Waals surface area contributed by atoms with Gasteiger partial charge in [-0.15, -0.1) is 5.10 Å². The first kappa shape index (κ1) is 18.8. The van der Waals surface area contributed by atoms with E-state index >= 15 is 0 Å². The molecule has 8 heteroatoms. The minimum atomic E-state index is -0.230. The van der Waals surface area contributed by atoms with Gasteiger partial charge >= 0.3 is 0 Å². The maximum absolute atomic E-state index is 12.1. The van der Waals surface area contributed by atoms with Crippen molar-refractivity contribution in [3.8, 4) is 5.69 Å². The molecular formula is C21H18N6OS. The number of thioether (sulfide) groups is 1. The number of fused-ring (bicyclic) bond motifs is 1. The summed E-state index contributed by atoms with van der Waals surface area (Å²) in [5.74, 6) is -0.0811. The number of hydrogen-bond acceptors (Lipinski definition) is 6. The van der Waals surface area contributed by atoms with E-state index in [1.807, 2.05) is 73.7 Å². The van der Waals surface area contributed by atoms with Crippen LogP contribution in [-0.4, -0.2) is 38.1 Å². The molecule has 0 aliphatic carbocycles. The van der Waals surface area contributed by atoms with Crippen LogP contribution in [0.2, 0.25) is 0 Å². The van der Waals surface area contributed by atoms with Crippen molar-refractivity contribution >= 4 is 34.7 Å². The van der Waals surface area contributed by atoms with Crippen molar-refractivity contribution in [3.63, 3.8) is 0 Å². The van der Waals surface area contributed by atoms with Gasteiger partial charge < -0.3 is 0 Å². The summed E-state index contributed by atoms with van der Waals surface area (Å²) in [5.41, 5.74) is 5.47. The monoisotopic (exact) mass is 402 g/mol. The number of hydrazone groups is 1. The third kappa shape index (κ3) is 4.49. The molecule has 7 nitrogen and oxygen atoms in total. The van der Waals surface area contributed by atoms with Crippen LogP contribution in [0.15, 0.2) is 77.0 Å². The molecule has 0 fully saturated rings. The highest BCUT2D eigenvalue weighted by Crippen LogP contribution is 2.25. The zero-order valence-corrected chi connectivity index (χ0v) is 16.5. The summed E-state index contributed by atoms with van der Waals surface area (Å²) >= 11 is 1.25. The van der Waals surface area contributed by atoms with Crippen LogP contribution in [-0.2, 0) is 4.79 Å². The first-order valence-electron chi connectivity index (χ1n) is 8.98. The Morgan fingerprint density at radius 2 is 1.97 bits per heavy atom. The van der Waals surface area contributed by atoms with Crippen molar-refractivity contribution in [2.45, 2.75) is 12.1 Å². The molecule has 0 saturated heterocycles. The molecule has 0 spiro atoms. The minimum absolute atomic E-state index is 0.149. The zero-order chi connectivity index (χ0) is 20.1. The van der Waals surface area contributed by atoms with Crippen molar-refractivity contribution in [2.75, 3.05) is 5.75 Å². The number of tetrazole rings is 1. The number of rotatable bonds is 6. The van der Waals surface area contributed by atoms with E-state index in [4.69, 9.17) is 0 Å².